The Hall–Kier alpha value is -16.2. The first-order chi connectivity index (χ1) is 65.5. The highest BCUT2D eigenvalue weighted by Gasteiger charge is 2.36. The van der Waals surface area contributed by atoms with Gasteiger partial charge in [-0.2, -0.15) is 9.78 Å². The fraction of sp³-hybridized carbons (Fsp3) is 0.290. The van der Waals surface area contributed by atoms with Crippen LogP contribution in [0.5, 0.6) is 0 Å². The van der Waals surface area contributed by atoms with E-state index in [9.17, 15) is 61.1 Å². The van der Waals surface area contributed by atoms with E-state index < -0.39 is 46.9 Å². The van der Waals surface area contributed by atoms with Crippen LogP contribution in [0.3, 0.4) is 0 Å². The van der Waals surface area contributed by atoms with Crippen molar-refractivity contribution in [2.75, 3.05) is 65.4 Å². The molecule has 5 amide bonds. The quantitative estimate of drug-likeness (QED) is 0.0636. The molecule has 15 heterocycles. The van der Waals surface area contributed by atoms with Gasteiger partial charge in [0.15, 0.2) is 16.9 Å². The lowest BCUT2D eigenvalue weighted by atomic mass is 9.95. The minimum absolute atomic E-state index is 0.0299. The molecule has 5 fully saturated rings. The van der Waals surface area contributed by atoms with Gasteiger partial charge in [-0.15, -0.1) is 5.10 Å². The van der Waals surface area contributed by atoms with Crippen LogP contribution >= 0.6 is 0 Å². The van der Waals surface area contributed by atoms with Gasteiger partial charge in [0.2, 0.25) is 0 Å². The van der Waals surface area contributed by atoms with Crippen molar-refractivity contribution in [3.63, 3.8) is 0 Å². The monoisotopic (exact) mass is 1860 g/mol. The molecule has 2 atom stereocenters. The summed E-state index contributed by atoms with van der Waals surface area (Å²) in [5.74, 6) is -3.62. The molecule has 5 aromatic carbocycles. The molecule has 0 aliphatic carbocycles. The summed E-state index contributed by atoms with van der Waals surface area (Å²) in [6.07, 6.45) is 17.1. The van der Waals surface area contributed by atoms with Gasteiger partial charge in [-0.05, 0) is 255 Å². The van der Waals surface area contributed by atoms with Gasteiger partial charge < -0.3 is 59.2 Å². The number of hydrogen-bond donors (Lipinski definition) is 5. The number of carboxylic acids is 5. The SMILES string of the molecule is CC1(F)CCN(C(=O)c2cnc3c(c2)nnn3-c2ccc(C(=O)O)cc2)CC1.CC1(F)CCN(C(=O)c2cnc3c(cnn3-c3ccc(C(=O)O)cc3)c2)CC1.C[C@@H]1CCN(C(=O)c2cnc3c(ccn3-c3ccc(C(=O)O)cc3)c2)C1.C[C@@H]1CCN(C(=O)c2cnc3c(ccn3-c3ccc(C(=O)O)cc3)c2)C1.Cc1nc2cc(C(=O)N3CCC(C)(F)CC3)cnc2n1-c1ccc(C(=O)O)cc1. The minimum atomic E-state index is -1.22. The van der Waals surface area contributed by atoms with E-state index in [2.05, 4.69) is 59.2 Å². The van der Waals surface area contributed by atoms with Gasteiger partial charge >= 0.3 is 29.8 Å². The summed E-state index contributed by atoms with van der Waals surface area (Å²) in [4.78, 5) is 154. The number of fused-ring (bicyclic) bond motifs is 5. The number of carbonyl (C=O) groups is 10. The molecule has 5 saturated heterocycles. The summed E-state index contributed by atoms with van der Waals surface area (Å²) < 4.78 is 50.5. The number of rotatable bonds is 15. The number of carbonyl (C=O) groups excluding carboxylic acids is 5. The molecular formula is C100H96F3N19O15. The predicted octanol–water partition coefficient (Wildman–Crippen LogP) is 15.4. The number of nitrogens with zero attached hydrogens (tertiary/aromatic N) is 19. The van der Waals surface area contributed by atoms with E-state index >= 15 is 0 Å². The second-order valence-corrected chi connectivity index (χ2v) is 35.6. The van der Waals surface area contributed by atoms with E-state index in [1.165, 1.54) is 59.7 Å². The standard InChI is InChI=1S/C21H21FN4O3.C20H19FN4O3.2C20H19N3O3.C19H18FN5O3/c1-13-24-17-11-15(19(27)25-9-7-21(2,22)8-10-25)12-23-18(17)26(13)16-5-3-14(4-6-16)20(28)29;1-20(21)6-8-24(9-7-20)18(26)15-10-14-12-23-25(17(14)22-11-15)16-4-2-13(3-5-16)19(27)28;2*1-13-6-8-22(12-13)19(24)16-10-15-7-9-23(18(15)21-11-16)17-4-2-14(3-5-17)20(25)26;1-19(20)6-8-24(9-7-19)17(26)13-10-15-16(21-11-13)25(23-22-15)14-4-2-12(3-5-14)18(27)28/h3-6,11-12H,7-10H2,1-2H3,(H,28,29);2-5,10-12H,6-9H2,1H3,(H,27,28);2*2-5,7,9-11,13H,6,8,12H2,1H3,(H,25,26);2-5,10-11H,6-9H2,1H3,(H,27,28)/t;;2*13-;/m..11./s1. The van der Waals surface area contributed by atoms with Crippen LogP contribution in [-0.4, -0.2) is 260 Å². The molecule has 5 aliphatic rings. The van der Waals surface area contributed by atoms with Crippen molar-refractivity contribution >= 4 is 115 Å². The Morgan fingerprint density at radius 2 is 0.635 bits per heavy atom. The highest BCUT2D eigenvalue weighted by atomic mass is 19.2. The fourth-order valence-electron chi connectivity index (χ4n) is 17.0. The molecule has 10 aromatic heterocycles. The van der Waals surface area contributed by atoms with E-state index in [4.69, 9.17) is 25.5 Å². The third-order valence-electron chi connectivity index (χ3n) is 25.2. The zero-order valence-electron chi connectivity index (χ0n) is 75.5. The van der Waals surface area contributed by atoms with Crippen molar-refractivity contribution in [2.45, 2.75) is 110 Å². The lowest BCUT2D eigenvalue weighted by Gasteiger charge is -2.34. The molecule has 20 rings (SSSR count). The number of pyridine rings is 5. The summed E-state index contributed by atoms with van der Waals surface area (Å²) in [5, 5.41) is 60.0. The largest absolute Gasteiger partial charge is 0.478 e. The number of alkyl halides is 3. The zero-order chi connectivity index (χ0) is 97.1. The first-order valence-corrected chi connectivity index (χ1v) is 44.5. The molecule has 0 radical (unpaired) electrons. The average molecular weight is 1860 g/mol. The predicted molar refractivity (Wildman–Crippen MR) is 499 cm³/mol. The van der Waals surface area contributed by atoms with Crippen LogP contribution < -0.4 is 0 Å². The van der Waals surface area contributed by atoms with Crippen LogP contribution in [-0.2, 0) is 0 Å². The smallest absolute Gasteiger partial charge is 0.335 e. The molecule has 34 nitrogen and oxygen atoms in total. The van der Waals surface area contributed by atoms with Crippen LogP contribution in [0.15, 0.2) is 213 Å². The fourth-order valence-corrected chi connectivity index (χ4v) is 17.0. The maximum atomic E-state index is 14.0. The Bertz CT molecular complexity index is 6810. The number of likely N-dealkylation sites (tertiary alicyclic amines) is 5. The summed E-state index contributed by atoms with van der Waals surface area (Å²) in [7, 11) is 0. The van der Waals surface area contributed by atoms with Gasteiger partial charge in [0, 0.05) is 142 Å². The van der Waals surface area contributed by atoms with E-state index in [1.807, 2.05) is 67.1 Å². The highest BCUT2D eigenvalue weighted by molar-refractivity contribution is 6.01. The van der Waals surface area contributed by atoms with Crippen molar-refractivity contribution in [2.24, 2.45) is 11.8 Å². The van der Waals surface area contributed by atoms with Gasteiger partial charge in [-0.1, -0.05) is 19.1 Å². The number of halogens is 3. The lowest BCUT2D eigenvalue weighted by molar-refractivity contribution is 0.0493. The molecule has 702 valence electrons. The average Bonchev–Trinajstić information content (AvgIpc) is 1.64. The molecular weight excluding hydrogens is 1760 g/mol. The van der Waals surface area contributed by atoms with Crippen molar-refractivity contribution in [1.29, 1.82) is 0 Å². The van der Waals surface area contributed by atoms with Gasteiger partial charge in [-0.25, -0.2) is 71.7 Å². The van der Waals surface area contributed by atoms with Crippen molar-refractivity contribution < 1.29 is 86.6 Å². The summed E-state index contributed by atoms with van der Waals surface area (Å²) >= 11 is 0. The second kappa shape index (κ2) is 39.1. The van der Waals surface area contributed by atoms with Gasteiger partial charge in [0.1, 0.15) is 45.2 Å². The Morgan fingerprint density at radius 3 is 0.993 bits per heavy atom. The Labute approximate surface area is 780 Å². The number of hydrogen-bond acceptors (Lipinski definition) is 19. The van der Waals surface area contributed by atoms with Crippen LogP contribution in [0, 0.1) is 18.8 Å². The van der Waals surface area contributed by atoms with Crippen LogP contribution in [0.1, 0.15) is 195 Å². The first-order valence-electron chi connectivity index (χ1n) is 44.5. The van der Waals surface area contributed by atoms with E-state index in [0.717, 1.165) is 78.1 Å². The van der Waals surface area contributed by atoms with Crippen molar-refractivity contribution in [1.82, 2.24) is 92.9 Å². The summed E-state index contributed by atoms with van der Waals surface area (Å²) in [5.41, 5.74) is 7.58. The first kappa shape index (κ1) is 94.0. The number of imidazole rings is 1. The topological polar surface area (TPSA) is 429 Å². The number of piperidine rings is 3. The molecule has 37 heteroatoms. The van der Waals surface area contributed by atoms with Crippen molar-refractivity contribution in [3.8, 4) is 28.4 Å². The third kappa shape index (κ3) is 21.1. The Balaban J connectivity index is 0.000000124. The molecule has 5 aliphatic heterocycles. The van der Waals surface area contributed by atoms with Gasteiger partial charge in [0.05, 0.1) is 73.2 Å². The van der Waals surface area contributed by atoms with E-state index in [0.29, 0.717) is 168 Å². The van der Waals surface area contributed by atoms with Crippen LogP contribution in [0.25, 0.3) is 83.9 Å². The minimum Gasteiger partial charge on any atom is -0.478 e. The lowest BCUT2D eigenvalue weighted by Crippen LogP contribution is -2.43. The normalized spacial score (nSPS) is 16.5. The maximum absolute atomic E-state index is 14.0. The van der Waals surface area contributed by atoms with Crippen molar-refractivity contribution in [3.05, 3.63) is 275 Å². The van der Waals surface area contributed by atoms with Gasteiger partial charge in [-0.3, -0.25) is 28.5 Å². The van der Waals surface area contributed by atoms with E-state index in [1.54, 1.807) is 162 Å². The number of aryl methyl sites for hydroxylation is 1. The zero-order valence-corrected chi connectivity index (χ0v) is 75.5. The number of aromatic carboxylic acids is 5. The molecule has 0 spiro atoms. The highest BCUT2D eigenvalue weighted by Crippen LogP contribution is 2.34. The number of amides is 5. The maximum Gasteiger partial charge on any atom is 0.335 e. The summed E-state index contributed by atoms with van der Waals surface area (Å²) in [6.45, 7) is 16.3. The molecule has 137 heavy (non-hydrogen) atoms. The van der Waals surface area contributed by atoms with Crippen LogP contribution in [0.2, 0.25) is 0 Å². The molecule has 0 bridgehead atoms. The Morgan fingerprint density at radius 1 is 0.328 bits per heavy atom. The number of aromatic nitrogens is 14. The number of benzene rings is 5. The van der Waals surface area contributed by atoms with Crippen LogP contribution in [0.4, 0.5) is 13.2 Å². The summed E-state index contributed by atoms with van der Waals surface area (Å²) in [6, 6.07) is 44.7. The van der Waals surface area contributed by atoms with E-state index in [-0.39, 0.29) is 57.4 Å². The molecule has 15 aromatic rings. The molecule has 0 saturated carbocycles. The number of carboxylic acid groups (broad SMARTS) is 5. The molecule has 0 unspecified atom stereocenters. The Kier molecular flexibility index (Phi) is 26.8. The third-order valence-corrected chi connectivity index (χ3v) is 25.2. The molecule has 5 N–H and O–H groups in total. The second-order valence-electron chi connectivity index (χ2n) is 35.6. The van der Waals surface area contributed by atoms with Gasteiger partial charge in [0.25, 0.3) is 29.5 Å².